The summed E-state index contributed by atoms with van der Waals surface area (Å²) in [6, 6.07) is 4.87. The molecule has 3 aromatic heterocycles. The lowest BCUT2D eigenvalue weighted by Gasteiger charge is -2.26. The van der Waals surface area contributed by atoms with Crippen molar-refractivity contribution < 1.29 is 9.59 Å². The van der Waals surface area contributed by atoms with Crippen LogP contribution in [0.5, 0.6) is 0 Å². The van der Waals surface area contributed by atoms with Crippen LogP contribution in [0.3, 0.4) is 0 Å². The Bertz CT molecular complexity index is 1130. The van der Waals surface area contributed by atoms with Crippen molar-refractivity contribution in [2.24, 2.45) is 5.92 Å². The van der Waals surface area contributed by atoms with Crippen LogP contribution in [0.1, 0.15) is 12.8 Å². The van der Waals surface area contributed by atoms with Gasteiger partial charge in [-0.1, -0.05) is 6.07 Å². The van der Waals surface area contributed by atoms with Crippen molar-refractivity contribution in [3.05, 3.63) is 35.3 Å². The van der Waals surface area contributed by atoms with Gasteiger partial charge in [0.1, 0.15) is 35.2 Å². The predicted molar refractivity (Wildman–Crippen MR) is 107 cm³/mol. The molecule has 29 heavy (non-hydrogen) atoms. The summed E-state index contributed by atoms with van der Waals surface area (Å²) in [5.74, 6) is 0.739. The lowest BCUT2D eigenvalue weighted by molar-refractivity contribution is -0.138. The Morgan fingerprint density at radius 1 is 1.28 bits per heavy atom. The summed E-state index contributed by atoms with van der Waals surface area (Å²) in [4.78, 5) is 40.0. The third-order valence-electron chi connectivity index (χ3n) is 5.41. The Kier molecular flexibility index (Phi) is 4.19. The number of halogens is 1. The number of likely N-dealkylation sites (tertiary alicyclic amines) is 1. The summed E-state index contributed by atoms with van der Waals surface area (Å²) in [5, 5.41) is 7.64. The van der Waals surface area contributed by atoms with Crippen LogP contribution >= 0.6 is 15.9 Å². The molecule has 0 spiro atoms. The molecule has 3 N–H and O–H groups in total. The number of anilines is 2. The fourth-order valence-electron chi connectivity index (χ4n) is 3.97. The van der Waals surface area contributed by atoms with Gasteiger partial charge in [-0.05, 0) is 46.8 Å². The summed E-state index contributed by atoms with van der Waals surface area (Å²) in [6.07, 6.45) is 4.48. The number of piperidine rings is 1. The van der Waals surface area contributed by atoms with Crippen molar-refractivity contribution in [3.8, 4) is 0 Å². The molecule has 1 aliphatic heterocycles. The molecule has 10 nitrogen and oxygen atoms in total. The average Bonchev–Trinajstić information content (AvgIpc) is 3.15. The molecule has 0 radical (unpaired) electrons. The second-order valence-electron chi connectivity index (χ2n) is 7.25. The zero-order chi connectivity index (χ0) is 20.1. The number of hydrogen-bond donors (Lipinski definition) is 2. The number of nitrogens with zero attached hydrogens (tertiary/aromatic N) is 6. The van der Waals surface area contributed by atoms with E-state index in [1.165, 1.54) is 11.0 Å². The van der Waals surface area contributed by atoms with E-state index in [9.17, 15) is 9.59 Å². The number of carbonyl (C=O) groups is 2. The lowest BCUT2D eigenvalue weighted by Crippen LogP contribution is -2.46. The van der Waals surface area contributed by atoms with Crippen molar-refractivity contribution in [1.29, 1.82) is 0 Å². The zero-order valence-corrected chi connectivity index (χ0v) is 16.8. The van der Waals surface area contributed by atoms with Gasteiger partial charge in [0.05, 0.1) is 11.6 Å². The number of hydrogen-bond acceptors (Lipinski definition) is 7. The van der Waals surface area contributed by atoms with E-state index < -0.39 is 6.04 Å². The van der Waals surface area contributed by atoms with Crippen LogP contribution in [0.4, 0.5) is 11.6 Å². The summed E-state index contributed by atoms with van der Waals surface area (Å²) in [6.45, 7) is -0.0118. The zero-order valence-electron chi connectivity index (χ0n) is 15.2. The number of nitrogen functional groups attached to an aromatic ring is 1. The maximum Gasteiger partial charge on any atom is 0.248 e. The fourth-order valence-corrected chi connectivity index (χ4v) is 4.32. The molecular formula is C18H17BrN8O2. The molecule has 2 amide bonds. The minimum Gasteiger partial charge on any atom is -0.383 e. The quantitative estimate of drug-likeness (QED) is 0.563. The number of pyridine rings is 1. The van der Waals surface area contributed by atoms with E-state index in [2.05, 4.69) is 41.3 Å². The second kappa shape index (κ2) is 6.76. The van der Waals surface area contributed by atoms with Crippen LogP contribution in [0, 0.1) is 5.92 Å². The molecule has 3 aromatic rings. The highest BCUT2D eigenvalue weighted by Gasteiger charge is 2.56. The van der Waals surface area contributed by atoms with Gasteiger partial charge in [-0.25, -0.2) is 19.6 Å². The molecule has 5 rings (SSSR count). The Balaban J connectivity index is 1.35. The summed E-state index contributed by atoms with van der Waals surface area (Å²) in [7, 11) is 0. The molecule has 3 atom stereocenters. The van der Waals surface area contributed by atoms with Gasteiger partial charge in [0.2, 0.25) is 11.8 Å². The largest absolute Gasteiger partial charge is 0.383 e. The van der Waals surface area contributed by atoms with Gasteiger partial charge in [0.15, 0.2) is 5.65 Å². The number of rotatable bonds is 4. The molecule has 2 fully saturated rings. The third-order valence-corrected chi connectivity index (χ3v) is 5.85. The number of amides is 2. The maximum absolute atomic E-state index is 13.1. The number of carbonyl (C=O) groups excluding carboxylic acids is 2. The van der Waals surface area contributed by atoms with E-state index in [1.54, 1.807) is 29.3 Å². The first-order valence-corrected chi connectivity index (χ1v) is 9.97. The third kappa shape index (κ3) is 3.20. The number of nitrogens with one attached hydrogen (secondary N) is 1. The molecule has 1 unspecified atom stereocenters. The van der Waals surface area contributed by atoms with Gasteiger partial charge >= 0.3 is 0 Å². The highest BCUT2D eigenvalue weighted by molar-refractivity contribution is 9.10. The van der Waals surface area contributed by atoms with Crippen molar-refractivity contribution >= 4 is 50.4 Å². The Morgan fingerprint density at radius 2 is 2.14 bits per heavy atom. The molecule has 148 valence electrons. The highest BCUT2D eigenvalue weighted by Crippen LogP contribution is 2.48. The number of nitrogens with two attached hydrogens (primary N) is 1. The van der Waals surface area contributed by atoms with Gasteiger partial charge in [0.25, 0.3) is 0 Å². The average molecular weight is 457 g/mol. The van der Waals surface area contributed by atoms with E-state index in [0.717, 1.165) is 6.42 Å². The normalized spacial score (nSPS) is 22.5. The van der Waals surface area contributed by atoms with Crippen molar-refractivity contribution in [1.82, 2.24) is 29.6 Å². The standard InChI is InChI=1S/C18H17BrN8O2/c19-13-2-1-3-14(24-13)25-18(29)12-5-9-4-11(9)27(12)15(28)7-26-17-10(6-23-26)16(20)21-8-22-17/h1-3,6,8-9,11-12H,4-5,7H2,(H2,20,21,22)(H,24,25,29)/t9-,11+,12?/m1/s1. The highest BCUT2D eigenvalue weighted by atomic mass is 79.9. The van der Waals surface area contributed by atoms with Crippen LogP contribution in [0.2, 0.25) is 0 Å². The molecule has 1 saturated carbocycles. The minimum atomic E-state index is -0.520. The van der Waals surface area contributed by atoms with E-state index in [1.807, 2.05) is 0 Å². The second-order valence-corrected chi connectivity index (χ2v) is 8.06. The fraction of sp³-hybridized carbons (Fsp3) is 0.333. The molecule has 1 saturated heterocycles. The maximum atomic E-state index is 13.1. The molecule has 11 heteroatoms. The molecular weight excluding hydrogens is 440 g/mol. The molecule has 2 aliphatic rings. The van der Waals surface area contributed by atoms with Crippen LogP contribution in [-0.4, -0.2) is 53.5 Å². The van der Waals surface area contributed by atoms with Gasteiger partial charge in [0, 0.05) is 6.04 Å². The van der Waals surface area contributed by atoms with Crippen LogP contribution in [0.15, 0.2) is 35.3 Å². The van der Waals surface area contributed by atoms with Crippen molar-refractivity contribution in [3.63, 3.8) is 0 Å². The topological polar surface area (TPSA) is 132 Å². The monoisotopic (exact) mass is 456 g/mol. The minimum absolute atomic E-state index is 0.0118. The van der Waals surface area contributed by atoms with E-state index in [0.29, 0.717) is 39.6 Å². The Hall–Kier alpha value is -3.08. The van der Waals surface area contributed by atoms with Crippen LogP contribution < -0.4 is 11.1 Å². The molecule has 0 bridgehead atoms. The first-order chi connectivity index (χ1) is 14.0. The summed E-state index contributed by atoms with van der Waals surface area (Å²) < 4.78 is 2.13. The van der Waals surface area contributed by atoms with Gasteiger partial charge in [-0.3, -0.25) is 9.59 Å². The van der Waals surface area contributed by atoms with Crippen LogP contribution in [0.25, 0.3) is 11.0 Å². The van der Waals surface area contributed by atoms with Crippen molar-refractivity contribution in [2.45, 2.75) is 31.5 Å². The van der Waals surface area contributed by atoms with E-state index in [-0.39, 0.29) is 24.4 Å². The molecule has 1 aliphatic carbocycles. The SMILES string of the molecule is Nc1ncnc2c1cnn2CC(=O)N1C(C(=O)Nc2cccc(Br)n2)C[C@H]2C[C@@H]21. The van der Waals surface area contributed by atoms with E-state index in [4.69, 9.17) is 5.73 Å². The van der Waals surface area contributed by atoms with Crippen molar-refractivity contribution in [2.75, 3.05) is 11.1 Å². The predicted octanol–water partition coefficient (Wildman–Crippen LogP) is 1.19. The number of fused-ring (bicyclic) bond motifs is 2. The smallest absolute Gasteiger partial charge is 0.248 e. The first kappa shape index (κ1) is 18.0. The number of aromatic nitrogens is 5. The molecule has 0 aromatic carbocycles. The molecule has 4 heterocycles. The van der Waals surface area contributed by atoms with Gasteiger partial charge < -0.3 is 16.0 Å². The first-order valence-electron chi connectivity index (χ1n) is 9.18. The summed E-state index contributed by atoms with van der Waals surface area (Å²) >= 11 is 3.29. The Morgan fingerprint density at radius 3 is 2.97 bits per heavy atom. The van der Waals surface area contributed by atoms with Gasteiger partial charge in [-0.2, -0.15) is 5.10 Å². The Labute approximate surface area is 173 Å². The van der Waals surface area contributed by atoms with Crippen LogP contribution in [-0.2, 0) is 16.1 Å². The van der Waals surface area contributed by atoms with Gasteiger partial charge in [-0.15, -0.1) is 0 Å². The van der Waals surface area contributed by atoms with E-state index >= 15 is 0 Å². The lowest BCUT2D eigenvalue weighted by atomic mass is 10.1. The summed E-state index contributed by atoms with van der Waals surface area (Å²) in [5.41, 5.74) is 6.33.